The highest BCUT2D eigenvalue weighted by Gasteiger charge is 2.27. The molecule has 0 spiro atoms. The lowest BCUT2D eigenvalue weighted by Crippen LogP contribution is -2.47. The Bertz CT molecular complexity index is 1090. The molecule has 1 heterocycles. The summed E-state index contributed by atoms with van der Waals surface area (Å²) in [6.45, 7) is 6.30. The molecule has 1 saturated heterocycles. The third kappa shape index (κ3) is 5.50. The number of hydrogen-bond donors (Lipinski definition) is 1. The van der Waals surface area contributed by atoms with Crippen LogP contribution in [0.2, 0.25) is 5.02 Å². The fraction of sp³-hybridized carbons (Fsp3) is 0.429. The normalized spacial score (nSPS) is 15.6. The molecule has 3 rings (SSSR count). The minimum Gasteiger partial charge on any atom is -0.383 e. The molecule has 0 aliphatic carbocycles. The van der Waals surface area contributed by atoms with Gasteiger partial charge in [0, 0.05) is 56.1 Å². The Morgan fingerprint density at radius 1 is 1.12 bits per heavy atom. The van der Waals surface area contributed by atoms with E-state index >= 15 is 0 Å². The molecular weight excluding hydrogens is 456 g/mol. The minimum absolute atomic E-state index is 0.149. The van der Waals surface area contributed by atoms with Crippen LogP contribution in [0.1, 0.15) is 12.5 Å². The lowest BCUT2D eigenvalue weighted by atomic mass is 10.1. The molecule has 2 aromatic rings. The zero-order chi connectivity index (χ0) is 23.5. The number of halogens is 1. The number of nitro benzene ring substituents is 1. The molecule has 2 aromatic carbocycles. The Kier molecular flexibility index (Phi) is 7.60. The molecule has 9 nitrogen and oxygen atoms in total. The molecule has 174 valence electrons. The highest BCUT2D eigenvalue weighted by molar-refractivity contribution is 7.89. The number of piperazine rings is 1. The van der Waals surface area contributed by atoms with E-state index < -0.39 is 21.0 Å². The van der Waals surface area contributed by atoms with Gasteiger partial charge >= 0.3 is 0 Å². The molecule has 11 heteroatoms. The number of benzene rings is 2. The Labute approximate surface area is 193 Å². The average molecular weight is 483 g/mol. The maximum atomic E-state index is 12.6. The summed E-state index contributed by atoms with van der Waals surface area (Å²) in [6.07, 6.45) is 0. The number of nitro groups is 1. The van der Waals surface area contributed by atoms with Gasteiger partial charge in [0.15, 0.2) is 0 Å². The minimum atomic E-state index is -3.91. The van der Waals surface area contributed by atoms with Crippen LogP contribution in [0, 0.1) is 17.0 Å². The fourth-order valence-electron chi connectivity index (χ4n) is 3.81. The number of nitrogens with zero attached hydrogens (tertiary/aromatic N) is 3. The molecule has 1 fully saturated rings. The summed E-state index contributed by atoms with van der Waals surface area (Å²) in [6, 6.07) is 9.30. The van der Waals surface area contributed by atoms with Crippen LogP contribution in [0.15, 0.2) is 41.3 Å². The van der Waals surface area contributed by atoms with E-state index in [1.54, 1.807) is 6.92 Å². The molecule has 0 radical (unpaired) electrons. The molecule has 0 aromatic heterocycles. The van der Waals surface area contributed by atoms with Crippen LogP contribution in [-0.4, -0.2) is 59.3 Å². The van der Waals surface area contributed by atoms with E-state index in [2.05, 4.69) is 9.62 Å². The predicted molar refractivity (Wildman–Crippen MR) is 125 cm³/mol. The lowest BCUT2D eigenvalue weighted by Gasteiger charge is -2.37. The summed E-state index contributed by atoms with van der Waals surface area (Å²) < 4.78 is 32.7. The summed E-state index contributed by atoms with van der Waals surface area (Å²) in [5.74, 6) is 0. The van der Waals surface area contributed by atoms with E-state index in [-0.39, 0.29) is 17.2 Å². The topological polar surface area (TPSA) is 105 Å². The number of ether oxygens (including phenoxy) is 1. The van der Waals surface area contributed by atoms with Crippen LogP contribution in [0.3, 0.4) is 0 Å². The number of rotatable bonds is 8. The lowest BCUT2D eigenvalue weighted by molar-refractivity contribution is -0.384. The van der Waals surface area contributed by atoms with Gasteiger partial charge < -0.3 is 14.5 Å². The third-order valence-corrected chi connectivity index (χ3v) is 7.18. The Hall–Kier alpha value is -2.40. The van der Waals surface area contributed by atoms with Gasteiger partial charge in [0.2, 0.25) is 10.0 Å². The number of sulfonamides is 1. The third-order valence-electron chi connectivity index (χ3n) is 5.36. The van der Waals surface area contributed by atoms with Crippen molar-refractivity contribution >= 4 is 38.7 Å². The van der Waals surface area contributed by atoms with Crippen molar-refractivity contribution in [2.45, 2.75) is 24.8 Å². The second kappa shape index (κ2) is 10.0. The van der Waals surface area contributed by atoms with Gasteiger partial charge in [-0.05, 0) is 43.7 Å². The molecule has 1 N–H and O–H groups in total. The molecule has 1 atom stereocenters. The first-order chi connectivity index (χ1) is 15.1. The van der Waals surface area contributed by atoms with Crippen LogP contribution in [0.25, 0.3) is 0 Å². The molecule has 0 amide bonds. The SMILES string of the molecule is COC[C@H](C)NS(=O)(=O)c1ccc(N2CCN(c3cc(Cl)ccc3C)CC2)c([N+](=O)[O-])c1. The van der Waals surface area contributed by atoms with Gasteiger partial charge in [-0.1, -0.05) is 17.7 Å². The van der Waals surface area contributed by atoms with Gasteiger partial charge in [-0.3, -0.25) is 10.1 Å². The van der Waals surface area contributed by atoms with Crippen molar-refractivity contribution in [1.82, 2.24) is 4.72 Å². The summed E-state index contributed by atoms with van der Waals surface area (Å²) in [5.41, 5.74) is 2.32. The van der Waals surface area contributed by atoms with Crippen LogP contribution >= 0.6 is 11.6 Å². The molecule has 1 aliphatic heterocycles. The number of aryl methyl sites for hydroxylation is 1. The summed E-state index contributed by atoms with van der Waals surface area (Å²) in [4.78, 5) is 15.2. The summed E-state index contributed by atoms with van der Waals surface area (Å²) >= 11 is 6.14. The maximum Gasteiger partial charge on any atom is 0.293 e. The first kappa shape index (κ1) is 24.2. The Morgan fingerprint density at radius 2 is 1.75 bits per heavy atom. The van der Waals surface area contributed by atoms with Crippen LogP contribution < -0.4 is 14.5 Å². The van der Waals surface area contributed by atoms with Gasteiger partial charge in [0.1, 0.15) is 5.69 Å². The number of anilines is 2. The van der Waals surface area contributed by atoms with Crippen LogP contribution in [0.4, 0.5) is 17.1 Å². The van der Waals surface area contributed by atoms with E-state index in [0.29, 0.717) is 36.9 Å². The summed E-state index contributed by atoms with van der Waals surface area (Å²) in [5, 5.41) is 12.4. The second-order valence-electron chi connectivity index (χ2n) is 7.79. The monoisotopic (exact) mass is 482 g/mol. The highest BCUT2D eigenvalue weighted by Crippen LogP contribution is 2.33. The van der Waals surface area contributed by atoms with Crippen molar-refractivity contribution in [3.8, 4) is 0 Å². The van der Waals surface area contributed by atoms with Gasteiger partial charge in [-0.25, -0.2) is 13.1 Å². The fourth-order valence-corrected chi connectivity index (χ4v) is 5.23. The van der Waals surface area contributed by atoms with Gasteiger partial charge in [-0.2, -0.15) is 0 Å². The van der Waals surface area contributed by atoms with E-state index in [1.165, 1.54) is 19.2 Å². The molecule has 0 saturated carbocycles. The first-order valence-electron chi connectivity index (χ1n) is 10.2. The Morgan fingerprint density at radius 3 is 2.34 bits per heavy atom. The average Bonchev–Trinajstić information content (AvgIpc) is 2.75. The zero-order valence-corrected chi connectivity index (χ0v) is 19.8. The van der Waals surface area contributed by atoms with Crippen molar-refractivity contribution in [3.05, 3.63) is 57.1 Å². The van der Waals surface area contributed by atoms with Crippen LogP contribution in [-0.2, 0) is 14.8 Å². The van der Waals surface area contributed by atoms with Crippen molar-refractivity contribution in [2.75, 3.05) is 49.7 Å². The standard InChI is InChI=1S/C21H27ClN4O5S/c1-15-4-5-17(22)12-20(15)25-10-8-24(9-11-25)19-7-6-18(13-21(19)26(27)28)32(29,30)23-16(2)14-31-3/h4-7,12-13,16,23H,8-11,14H2,1-3H3/t16-/m0/s1. The van der Waals surface area contributed by atoms with Crippen molar-refractivity contribution < 1.29 is 18.1 Å². The van der Waals surface area contributed by atoms with Crippen molar-refractivity contribution in [3.63, 3.8) is 0 Å². The number of nitrogens with one attached hydrogen (secondary N) is 1. The molecule has 0 unspecified atom stereocenters. The number of methoxy groups -OCH3 is 1. The van der Waals surface area contributed by atoms with Crippen molar-refractivity contribution in [1.29, 1.82) is 0 Å². The predicted octanol–water partition coefficient (Wildman–Crippen LogP) is 3.20. The largest absolute Gasteiger partial charge is 0.383 e. The van der Waals surface area contributed by atoms with E-state index in [0.717, 1.165) is 17.3 Å². The smallest absolute Gasteiger partial charge is 0.293 e. The van der Waals surface area contributed by atoms with E-state index in [4.69, 9.17) is 16.3 Å². The molecule has 0 bridgehead atoms. The van der Waals surface area contributed by atoms with Gasteiger partial charge in [0.05, 0.1) is 16.4 Å². The molecular formula is C21H27ClN4O5S. The zero-order valence-electron chi connectivity index (χ0n) is 18.2. The van der Waals surface area contributed by atoms with Crippen molar-refractivity contribution in [2.24, 2.45) is 0 Å². The second-order valence-corrected chi connectivity index (χ2v) is 9.94. The highest BCUT2D eigenvalue weighted by atomic mass is 35.5. The van der Waals surface area contributed by atoms with Gasteiger partial charge in [-0.15, -0.1) is 0 Å². The van der Waals surface area contributed by atoms with Crippen LogP contribution in [0.5, 0.6) is 0 Å². The quantitative estimate of drug-likeness (QED) is 0.455. The molecule has 1 aliphatic rings. The van der Waals surface area contributed by atoms with E-state index in [9.17, 15) is 18.5 Å². The number of hydrogen-bond acceptors (Lipinski definition) is 7. The molecule has 32 heavy (non-hydrogen) atoms. The summed E-state index contributed by atoms with van der Waals surface area (Å²) in [7, 11) is -2.44. The first-order valence-corrected chi connectivity index (χ1v) is 12.0. The maximum absolute atomic E-state index is 12.6. The Balaban J connectivity index is 1.80. The van der Waals surface area contributed by atoms with Gasteiger partial charge in [0.25, 0.3) is 5.69 Å². The van der Waals surface area contributed by atoms with E-state index in [1.807, 2.05) is 30.0 Å².